The predicted octanol–water partition coefficient (Wildman–Crippen LogP) is 2.64. The number of carbonyl (C=O) groups is 1. The summed E-state index contributed by atoms with van der Waals surface area (Å²) in [5.74, 6) is -4.19. The Balaban J connectivity index is 3.34. The molecule has 1 rings (SSSR count). The Morgan fingerprint density at radius 1 is 1.50 bits per heavy atom. The molecule has 0 bridgehead atoms. The minimum absolute atomic E-state index is 0.244. The first-order chi connectivity index (χ1) is 8.30. The van der Waals surface area contributed by atoms with Crippen LogP contribution in [0.25, 0.3) is 0 Å². The molecule has 0 saturated heterocycles. The van der Waals surface area contributed by atoms with Gasteiger partial charge in [-0.2, -0.15) is 0 Å². The van der Waals surface area contributed by atoms with Crippen molar-refractivity contribution in [3.05, 3.63) is 23.1 Å². The van der Waals surface area contributed by atoms with Gasteiger partial charge in [-0.1, -0.05) is 0 Å². The van der Waals surface area contributed by atoms with E-state index in [-0.39, 0.29) is 11.4 Å². The summed E-state index contributed by atoms with van der Waals surface area (Å²) in [5.41, 5.74) is -1.29. The van der Waals surface area contributed by atoms with Gasteiger partial charge in [0, 0.05) is 11.8 Å². The molecule has 0 atom stereocenters. The highest BCUT2D eigenvalue weighted by molar-refractivity contribution is 6.17. The Morgan fingerprint density at radius 2 is 2.11 bits per heavy atom. The molecular weight excluding hydrogens is 282 g/mol. The fraction of sp³-hybridized carbons (Fsp3) is 0.333. The molecule has 0 fully saturated rings. The maximum absolute atomic E-state index is 13.7. The maximum Gasteiger partial charge on any atom is 0.574 e. The van der Waals surface area contributed by atoms with Crippen molar-refractivity contribution in [3.63, 3.8) is 0 Å². The number of rotatable bonds is 3. The Hall–Kier alpha value is -1.57. The first-order valence-electron chi connectivity index (χ1n) is 4.37. The van der Waals surface area contributed by atoms with Crippen molar-refractivity contribution in [2.75, 3.05) is 7.11 Å². The Morgan fingerprint density at radius 3 is 2.56 bits per heavy atom. The zero-order valence-electron chi connectivity index (χ0n) is 8.85. The summed E-state index contributed by atoms with van der Waals surface area (Å²) in [7, 11) is 0.881. The van der Waals surface area contributed by atoms with E-state index in [9.17, 15) is 22.4 Å². The number of ether oxygens (including phenoxy) is 2. The molecule has 1 aromatic rings. The summed E-state index contributed by atoms with van der Waals surface area (Å²) in [6.45, 7) is 0. The summed E-state index contributed by atoms with van der Waals surface area (Å²) in [5, 5.41) is 0. The summed E-state index contributed by atoms with van der Waals surface area (Å²) >= 11 is 5.34. The van der Waals surface area contributed by atoms with Crippen LogP contribution in [-0.2, 0) is 10.6 Å². The number of pyridine rings is 1. The van der Waals surface area contributed by atoms with Gasteiger partial charge in [0.1, 0.15) is 5.82 Å². The average Bonchev–Trinajstić information content (AvgIpc) is 2.26. The minimum atomic E-state index is -5.11. The minimum Gasteiger partial charge on any atom is -0.465 e. The second kappa shape index (κ2) is 5.38. The van der Waals surface area contributed by atoms with Crippen molar-refractivity contribution < 1.29 is 31.8 Å². The third-order valence-corrected chi connectivity index (χ3v) is 2.09. The van der Waals surface area contributed by atoms with Crippen LogP contribution in [0.2, 0.25) is 0 Å². The average molecular weight is 288 g/mol. The van der Waals surface area contributed by atoms with Gasteiger partial charge in [0.2, 0.25) is 5.88 Å². The van der Waals surface area contributed by atoms with Crippen LogP contribution < -0.4 is 4.74 Å². The highest BCUT2D eigenvalue weighted by Gasteiger charge is 2.35. The van der Waals surface area contributed by atoms with Gasteiger partial charge in [-0.15, -0.1) is 24.8 Å². The number of carbonyl (C=O) groups excluding carboxylic acids is 1. The second-order valence-electron chi connectivity index (χ2n) is 2.95. The Kier molecular flexibility index (Phi) is 4.33. The number of alkyl halides is 4. The molecule has 0 N–H and O–H groups in total. The van der Waals surface area contributed by atoms with Gasteiger partial charge < -0.3 is 9.47 Å². The molecule has 4 nitrogen and oxygen atoms in total. The van der Waals surface area contributed by atoms with Gasteiger partial charge in [-0.05, 0) is 0 Å². The van der Waals surface area contributed by atoms with E-state index in [1.165, 1.54) is 0 Å². The first kappa shape index (κ1) is 14.5. The van der Waals surface area contributed by atoms with Crippen molar-refractivity contribution in [1.82, 2.24) is 4.98 Å². The Labute approximate surface area is 103 Å². The zero-order chi connectivity index (χ0) is 13.9. The van der Waals surface area contributed by atoms with E-state index in [4.69, 9.17) is 11.6 Å². The zero-order valence-corrected chi connectivity index (χ0v) is 9.60. The number of halogens is 5. The molecule has 0 aliphatic carbocycles. The third-order valence-electron chi connectivity index (χ3n) is 1.80. The van der Waals surface area contributed by atoms with E-state index in [2.05, 4.69) is 14.5 Å². The molecule has 0 aliphatic rings. The molecule has 0 saturated carbocycles. The third kappa shape index (κ3) is 3.22. The molecule has 0 amide bonds. The molecule has 1 aromatic heterocycles. The number of hydrogen-bond donors (Lipinski definition) is 0. The number of hydrogen-bond acceptors (Lipinski definition) is 4. The smallest absolute Gasteiger partial charge is 0.465 e. The molecule has 100 valence electrons. The highest BCUT2D eigenvalue weighted by atomic mass is 35.5. The lowest BCUT2D eigenvalue weighted by atomic mass is 10.2. The number of esters is 1. The molecular formula is C9H6ClF4NO3. The lowest BCUT2D eigenvalue weighted by molar-refractivity contribution is -0.276. The number of methoxy groups -OCH3 is 1. The predicted molar refractivity (Wildman–Crippen MR) is 51.8 cm³/mol. The SMILES string of the molecule is COC(=O)c1c(OC(F)(F)F)ncc(CCl)c1F. The van der Waals surface area contributed by atoms with Crippen LogP contribution in [0.3, 0.4) is 0 Å². The van der Waals surface area contributed by atoms with Gasteiger partial charge in [-0.3, -0.25) is 0 Å². The molecule has 9 heteroatoms. The quantitative estimate of drug-likeness (QED) is 0.487. The summed E-state index contributed by atoms with van der Waals surface area (Å²) in [6, 6.07) is 0. The van der Waals surface area contributed by atoms with Crippen molar-refractivity contribution in [2.24, 2.45) is 0 Å². The first-order valence-corrected chi connectivity index (χ1v) is 4.91. The fourth-order valence-corrected chi connectivity index (χ4v) is 1.26. The molecule has 0 spiro atoms. The van der Waals surface area contributed by atoms with Crippen LogP contribution in [0.15, 0.2) is 6.20 Å². The van der Waals surface area contributed by atoms with Crippen LogP contribution in [-0.4, -0.2) is 24.4 Å². The summed E-state index contributed by atoms with van der Waals surface area (Å²) in [4.78, 5) is 14.4. The monoisotopic (exact) mass is 287 g/mol. The fourth-order valence-electron chi connectivity index (χ4n) is 1.07. The van der Waals surface area contributed by atoms with Crippen molar-refractivity contribution in [1.29, 1.82) is 0 Å². The van der Waals surface area contributed by atoms with E-state index in [1.807, 2.05) is 0 Å². The van der Waals surface area contributed by atoms with Crippen molar-refractivity contribution in [3.8, 4) is 5.88 Å². The van der Waals surface area contributed by atoms with Gasteiger partial charge in [-0.25, -0.2) is 14.2 Å². The highest BCUT2D eigenvalue weighted by Crippen LogP contribution is 2.28. The van der Waals surface area contributed by atoms with E-state index in [0.717, 1.165) is 13.3 Å². The molecule has 0 aliphatic heterocycles. The second-order valence-corrected chi connectivity index (χ2v) is 3.22. The molecule has 1 heterocycles. The Bertz CT molecular complexity index is 464. The number of nitrogens with zero attached hydrogens (tertiary/aromatic N) is 1. The largest absolute Gasteiger partial charge is 0.574 e. The van der Waals surface area contributed by atoms with E-state index in [0.29, 0.717) is 0 Å². The van der Waals surface area contributed by atoms with Gasteiger partial charge in [0.05, 0.1) is 13.0 Å². The lowest BCUT2D eigenvalue weighted by Crippen LogP contribution is -2.21. The van der Waals surface area contributed by atoms with Gasteiger partial charge in [0.15, 0.2) is 5.56 Å². The van der Waals surface area contributed by atoms with Gasteiger partial charge in [0.25, 0.3) is 0 Å². The summed E-state index contributed by atoms with van der Waals surface area (Å²) < 4.78 is 57.4. The van der Waals surface area contributed by atoms with Crippen LogP contribution in [0, 0.1) is 5.82 Å². The van der Waals surface area contributed by atoms with Crippen molar-refractivity contribution >= 4 is 17.6 Å². The van der Waals surface area contributed by atoms with Crippen LogP contribution >= 0.6 is 11.6 Å². The van der Waals surface area contributed by atoms with Crippen LogP contribution in [0.5, 0.6) is 5.88 Å². The maximum atomic E-state index is 13.7. The topological polar surface area (TPSA) is 48.4 Å². The molecule has 0 unspecified atom stereocenters. The number of aromatic nitrogens is 1. The van der Waals surface area contributed by atoms with Crippen LogP contribution in [0.4, 0.5) is 17.6 Å². The molecule has 0 radical (unpaired) electrons. The molecule has 0 aromatic carbocycles. The normalized spacial score (nSPS) is 11.2. The standard InChI is InChI=1S/C9H6ClF4NO3/c1-17-8(16)5-6(11)4(2-10)3-15-7(5)18-9(12,13)14/h3H,2H2,1H3. The van der Waals surface area contributed by atoms with Gasteiger partial charge >= 0.3 is 12.3 Å². The summed E-state index contributed by atoms with van der Waals surface area (Å²) in [6.07, 6.45) is -4.36. The van der Waals surface area contributed by atoms with Crippen LogP contribution in [0.1, 0.15) is 15.9 Å². The van der Waals surface area contributed by atoms with E-state index in [1.54, 1.807) is 0 Å². The van der Waals surface area contributed by atoms with E-state index >= 15 is 0 Å². The van der Waals surface area contributed by atoms with E-state index < -0.39 is 29.6 Å². The lowest BCUT2D eigenvalue weighted by Gasteiger charge is -2.12. The van der Waals surface area contributed by atoms with Crippen molar-refractivity contribution in [2.45, 2.75) is 12.2 Å². The molecule has 18 heavy (non-hydrogen) atoms.